The van der Waals surface area contributed by atoms with Crippen molar-refractivity contribution in [1.29, 1.82) is 0 Å². The van der Waals surface area contributed by atoms with E-state index in [9.17, 15) is 4.39 Å². The van der Waals surface area contributed by atoms with Crippen molar-refractivity contribution in [3.05, 3.63) is 29.6 Å². The third-order valence-corrected chi connectivity index (χ3v) is 1.71. The topological polar surface area (TPSA) is 70.6 Å². The fourth-order valence-electron chi connectivity index (χ4n) is 0.985. The van der Waals surface area contributed by atoms with E-state index in [1.165, 1.54) is 6.07 Å². The zero-order valence-corrected chi connectivity index (χ0v) is 7.79. The van der Waals surface area contributed by atoms with E-state index in [4.69, 9.17) is 10.9 Å². The van der Waals surface area contributed by atoms with Crippen LogP contribution in [-0.4, -0.2) is 17.6 Å². The second-order valence-electron chi connectivity index (χ2n) is 2.93. The Balaban J connectivity index is 2.68. The second-order valence-corrected chi connectivity index (χ2v) is 2.93. The molecule has 0 amide bonds. The van der Waals surface area contributed by atoms with E-state index in [-0.39, 0.29) is 18.2 Å². The van der Waals surface area contributed by atoms with Gasteiger partial charge in [0.2, 0.25) is 0 Å². The maximum absolute atomic E-state index is 13.2. The number of aryl methyl sites for hydroxylation is 1. The summed E-state index contributed by atoms with van der Waals surface area (Å²) in [6.45, 7) is 1.91. The van der Waals surface area contributed by atoms with Gasteiger partial charge in [-0.3, -0.25) is 0 Å². The molecule has 0 saturated heterocycles. The van der Waals surface area contributed by atoms with E-state index in [2.05, 4.69) is 10.5 Å². The van der Waals surface area contributed by atoms with Crippen molar-refractivity contribution in [3.8, 4) is 0 Å². The highest BCUT2D eigenvalue weighted by Gasteiger charge is 2.01. The molecule has 14 heavy (non-hydrogen) atoms. The quantitative estimate of drug-likeness (QED) is 0.296. The van der Waals surface area contributed by atoms with Crippen LogP contribution < -0.4 is 11.1 Å². The smallest absolute Gasteiger partial charge is 0.158 e. The summed E-state index contributed by atoms with van der Waals surface area (Å²) in [5.41, 5.74) is 6.40. The van der Waals surface area contributed by atoms with Crippen molar-refractivity contribution in [3.63, 3.8) is 0 Å². The van der Waals surface area contributed by atoms with Crippen LogP contribution in [0.4, 0.5) is 10.1 Å². The minimum atomic E-state index is -0.351. The van der Waals surface area contributed by atoms with Crippen LogP contribution in [0, 0.1) is 12.7 Å². The van der Waals surface area contributed by atoms with Gasteiger partial charge in [0.25, 0.3) is 0 Å². The van der Waals surface area contributed by atoms with E-state index >= 15 is 0 Å². The fraction of sp³-hybridized carbons (Fsp3) is 0.222. The molecular weight excluding hydrogens is 185 g/mol. The van der Waals surface area contributed by atoms with Crippen LogP contribution in [0.25, 0.3) is 0 Å². The predicted molar refractivity (Wildman–Crippen MR) is 53.0 cm³/mol. The van der Waals surface area contributed by atoms with E-state index < -0.39 is 0 Å². The molecule has 0 atom stereocenters. The van der Waals surface area contributed by atoms with Crippen molar-refractivity contribution in [2.24, 2.45) is 10.9 Å². The SMILES string of the molecule is Cc1ccc(NCC(N)=NO)c(F)c1. The third kappa shape index (κ3) is 2.62. The van der Waals surface area contributed by atoms with Gasteiger partial charge in [0.15, 0.2) is 5.84 Å². The molecule has 1 aromatic rings. The fourth-order valence-corrected chi connectivity index (χ4v) is 0.985. The molecule has 5 heteroatoms. The molecule has 0 aromatic heterocycles. The summed E-state index contributed by atoms with van der Waals surface area (Å²) in [6.07, 6.45) is 0. The highest BCUT2D eigenvalue weighted by Crippen LogP contribution is 2.14. The molecule has 0 aliphatic rings. The number of hydrogen-bond acceptors (Lipinski definition) is 3. The molecule has 0 bridgehead atoms. The molecule has 1 rings (SSSR count). The minimum Gasteiger partial charge on any atom is -0.409 e. The van der Waals surface area contributed by atoms with Gasteiger partial charge in [0, 0.05) is 0 Å². The predicted octanol–water partition coefficient (Wildman–Crippen LogP) is 1.29. The average molecular weight is 197 g/mol. The normalized spacial score (nSPS) is 11.4. The Labute approximate surface area is 81.2 Å². The van der Waals surface area contributed by atoms with Crippen LogP contribution >= 0.6 is 0 Å². The van der Waals surface area contributed by atoms with Crippen LogP contribution in [0.1, 0.15) is 5.56 Å². The first-order valence-corrected chi connectivity index (χ1v) is 4.10. The zero-order valence-electron chi connectivity index (χ0n) is 7.79. The van der Waals surface area contributed by atoms with Gasteiger partial charge in [-0.25, -0.2) is 4.39 Å². The lowest BCUT2D eigenvalue weighted by molar-refractivity contribution is 0.317. The third-order valence-electron chi connectivity index (χ3n) is 1.71. The molecule has 4 N–H and O–H groups in total. The van der Waals surface area contributed by atoms with E-state index in [0.29, 0.717) is 5.69 Å². The molecule has 0 fully saturated rings. The number of hydrogen-bond donors (Lipinski definition) is 3. The van der Waals surface area contributed by atoms with Gasteiger partial charge >= 0.3 is 0 Å². The summed E-state index contributed by atoms with van der Waals surface area (Å²) in [5, 5.41) is 13.7. The highest BCUT2D eigenvalue weighted by atomic mass is 19.1. The molecule has 0 radical (unpaired) electrons. The standard InChI is InChI=1S/C9H12FN3O/c1-6-2-3-8(7(10)4-6)12-5-9(11)13-14/h2-4,12,14H,5H2,1H3,(H2,11,13). The lowest BCUT2D eigenvalue weighted by Crippen LogP contribution is -2.22. The second kappa shape index (κ2) is 4.45. The van der Waals surface area contributed by atoms with Crippen molar-refractivity contribution in [2.75, 3.05) is 11.9 Å². The molecule has 4 nitrogen and oxygen atoms in total. The molecule has 76 valence electrons. The van der Waals surface area contributed by atoms with Crippen molar-refractivity contribution < 1.29 is 9.60 Å². The van der Waals surface area contributed by atoms with E-state index in [1.807, 2.05) is 0 Å². The Morgan fingerprint density at radius 3 is 2.93 bits per heavy atom. The van der Waals surface area contributed by atoms with Gasteiger partial charge < -0.3 is 16.3 Å². The first-order valence-electron chi connectivity index (χ1n) is 4.10. The monoisotopic (exact) mass is 197 g/mol. The Bertz CT molecular complexity index is 352. The lowest BCUT2D eigenvalue weighted by Gasteiger charge is -2.06. The number of amidine groups is 1. The summed E-state index contributed by atoms with van der Waals surface area (Å²) < 4.78 is 13.2. The van der Waals surface area contributed by atoms with E-state index in [0.717, 1.165) is 5.56 Å². The summed E-state index contributed by atoms with van der Waals surface area (Å²) >= 11 is 0. The zero-order chi connectivity index (χ0) is 10.6. The maximum atomic E-state index is 13.2. The van der Waals surface area contributed by atoms with Gasteiger partial charge in [-0.2, -0.15) is 0 Å². The van der Waals surface area contributed by atoms with Crippen molar-refractivity contribution in [2.45, 2.75) is 6.92 Å². The Morgan fingerprint density at radius 2 is 2.36 bits per heavy atom. The summed E-state index contributed by atoms with van der Waals surface area (Å²) in [4.78, 5) is 0. The number of benzene rings is 1. The van der Waals surface area contributed by atoms with Crippen LogP contribution in [0.2, 0.25) is 0 Å². The molecule has 0 aliphatic carbocycles. The summed E-state index contributed by atoms with van der Waals surface area (Å²) in [7, 11) is 0. The number of nitrogens with one attached hydrogen (secondary N) is 1. The lowest BCUT2D eigenvalue weighted by atomic mass is 10.2. The minimum absolute atomic E-state index is 0.00461. The molecule has 0 heterocycles. The van der Waals surface area contributed by atoms with Gasteiger partial charge in [-0.05, 0) is 24.6 Å². The molecule has 0 saturated carbocycles. The number of halogens is 1. The van der Waals surface area contributed by atoms with E-state index in [1.54, 1.807) is 19.1 Å². The Hall–Kier alpha value is -1.78. The van der Waals surface area contributed by atoms with Crippen LogP contribution in [0.5, 0.6) is 0 Å². The van der Waals surface area contributed by atoms with Crippen LogP contribution in [0.3, 0.4) is 0 Å². The highest BCUT2D eigenvalue weighted by molar-refractivity contribution is 5.84. The largest absolute Gasteiger partial charge is 0.409 e. The first-order chi connectivity index (χ1) is 6.63. The molecule has 0 unspecified atom stereocenters. The number of rotatable bonds is 3. The van der Waals surface area contributed by atoms with Gasteiger partial charge in [0.1, 0.15) is 5.82 Å². The number of oxime groups is 1. The molecule has 1 aromatic carbocycles. The molecular formula is C9H12FN3O. The Kier molecular flexibility index (Phi) is 3.28. The van der Waals surface area contributed by atoms with Crippen molar-refractivity contribution in [1.82, 2.24) is 0 Å². The number of nitrogens with two attached hydrogens (primary N) is 1. The van der Waals surface area contributed by atoms with Crippen LogP contribution in [-0.2, 0) is 0 Å². The first kappa shape index (κ1) is 10.3. The number of nitrogens with zero attached hydrogens (tertiary/aromatic N) is 1. The summed E-state index contributed by atoms with van der Waals surface area (Å²) in [5.74, 6) is -0.347. The average Bonchev–Trinajstić information content (AvgIpc) is 2.16. The van der Waals surface area contributed by atoms with Gasteiger partial charge in [0.05, 0.1) is 12.2 Å². The summed E-state index contributed by atoms with van der Waals surface area (Å²) in [6, 6.07) is 4.79. The van der Waals surface area contributed by atoms with Gasteiger partial charge in [-0.1, -0.05) is 11.2 Å². The number of anilines is 1. The maximum Gasteiger partial charge on any atom is 0.158 e. The van der Waals surface area contributed by atoms with Crippen molar-refractivity contribution >= 4 is 11.5 Å². The Morgan fingerprint density at radius 1 is 1.64 bits per heavy atom. The molecule has 0 aliphatic heterocycles. The van der Waals surface area contributed by atoms with Crippen LogP contribution in [0.15, 0.2) is 23.4 Å². The van der Waals surface area contributed by atoms with Gasteiger partial charge in [-0.15, -0.1) is 0 Å². The molecule has 0 spiro atoms.